The van der Waals surface area contributed by atoms with Gasteiger partial charge >= 0.3 is 0 Å². The van der Waals surface area contributed by atoms with Crippen molar-refractivity contribution in [3.8, 4) is 5.75 Å². The van der Waals surface area contributed by atoms with Gasteiger partial charge in [-0.25, -0.2) is 8.42 Å². The van der Waals surface area contributed by atoms with Crippen molar-refractivity contribution in [2.45, 2.75) is 44.6 Å². The molecule has 0 atom stereocenters. The molecule has 0 radical (unpaired) electrons. The molecule has 0 unspecified atom stereocenters. The van der Waals surface area contributed by atoms with E-state index in [0.29, 0.717) is 44.2 Å². The van der Waals surface area contributed by atoms with Crippen LogP contribution in [-0.4, -0.2) is 51.0 Å². The molecular formula is C23H30N2O5S. The Kier molecular flexibility index (Phi) is 7.69. The number of anilines is 1. The molecule has 0 aliphatic carbocycles. The van der Waals surface area contributed by atoms with E-state index in [-0.39, 0.29) is 23.3 Å². The molecule has 0 bridgehead atoms. The minimum absolute atomic E-state index is 0.120. The van der Waals surface area contributed by atoms with Crippen LogP contribution in [0.5, 0.6) is 5.75 Å². The number of benzene rings is 2. The average Bonchev–Trinajstić information content (AvgIpc) is 2.75. The number of rotatable bonds is 8. The Morgan fingerprint density at radius 2 is 1.81 bits per heavy atom. The lowest BCUT2D eigenvalue weighted by atomic mass is 10.1. The van der Waals surface area contributed by atoms with Gasteiger partial charge < -0.3 is 14.8 Å². The van der Waals surface area contributed by atoms with Crippen molar-refractivity contribution in [2.75, 3.05) is 31.6 Å². The summed E-state index contributed by atoms with van der Waals surface area (Å²) in [6, 6.07) is 12.6. The van der Waals surface area contributed by atoms with Gasteiger partial charge in [0.25, 0.3) is 0 Å². The second-order valence-electron chi connectivity index (χ2n) is 7.87. The molecule has 31 heavy (non-hydrogen) atoms. The number of aryl methyl sites for hydroxylation is 2. The number of ether oxygens (including phenoxy) is 2. The predicted octanol–water partition coefficient (Wildman–Crippen LogP) is 3.37. The summed E-state index contributed by atoms with van der Waals surface area (Å²) in [5, 5.41) is 2.84. The lowest BCUT2D eigenvalue weighted by Crippen LogP contribution is -2.40. The molecule has 0 spiro atoms. The summed E-state index contributed by atoms with van der Waals surface area (Å²) in [5.74, 6) is 0.245. The van der Waals surface area contributed by atoms with Crippen LogP contribution in [0.3, 0.4) is 0 Å². The first kappa shape index (κ1) is 23.2. The van der Waals surface area contributed by atoms with Gasteiger partial charge in [-0.1, -0.05) is 29.8 Å². The summed E-state index contributed by atoms with van der Waals surface area (Å²) < 4.78 is 38.5. The van der Waals surface area contributed by atoms with Gasteiger partial charge in [0.05, 0.1) is 29.9 Å². The van der Waals surface area contributed by atoms with E-state index in [2.05, 4.69) is 5.32 Å². The molecule has 1 fully saturated rings. The van der Waals surface area contributed by atoms with Crippen molar-refractivity contribution < 1.29 is 22.7 Å². The highest BCUT2D eigenvalue weighted by atomic mass is 32.2. The maximum absolute atomic E-state index is 13.0. The van der Waals surface area contributed by atoms with Crippen molar-refractivity contribution in [3.63, 3.8) is 0 Å². The first-order valence-corrected chi connectivity index (χ1v) is 11.9. The first-order valence-electron chi connectivity index (χ1n) is 10.5. The molecule has 1 aliphatic rings. The third-order valence-electron chi connectivity index (χ3n) is 4.96. The van der Waals surface area contributed by atoms with Gasteiger partial charge in [-0.2, -0.15) is 4.31 Å². The van der Waals surface area contributed by atoms with Crippen LogP contribution in [0.2, 0.25) is 0 Å². The van der Waals surface area contributed by atoms with E-state index in [4.69, 9.17) is 9.47 Å². The standard InChI is InChI=1S/C23H30N2O5S/c1-17(2)30-22-10-9-20(31(27,28)25-12-14-29-15-13-25)16-21(22)24-23(26)11-8-19-6-4-18(3)5-7-19/h4-7,9-10,16-17H,8,11-15H2,1-3H3,(H,24,26). The number of carbonyl (C=O) groups is 1. The zero-order valence-electron chi connectivity index (χ0n) is 18.3. The summed E-state index contributed by atoms with van der Waals surface area (Å²) in [7, 11) is -3.68. The average molecular weight is 447 g/mol. The van der Waals surface area contributed by atoms with Crippen molar-refractivity contribution in [1.82, 2.24) is 4.31 Å². The number of carbonyl (C=O) groups excluding carboxylic acids is 1. The van der Waals surface area contributed by atoms with Crippen molar-refractivity contribution in [2.24, 2.45) is 0 Å². The number of sulfonamides is 1. The SMILES string of the molecule is Cc1ccc(CCC(=O)Nc2cc(S(=O)(=O)N3CCOCC3)ccc2OC(C)C)cc1. The smallest absolute Gasteiger partial charge is 0.243 e. The molecule has 1 saturated heterocycles. The van der Waals surface area contributed by atoms with Crippen LogP contribution in [0.25, 0.3) is 0 Å². The zero-order chi connectivity index (χ0) is 22.4. The van der Waals surface area contributed by atoms with E-state index in [1.54, 1.807) is 6.07 Å². The molecular weight excluding hydrogens is 416 g/mol. The normalized spacial score (nSPS) is 15.1. The van der Waals surface area contributed by atoms with Gasteiger partial charge in [-0.15, -0.1) is 0 Å². The second-order valence-corrected chi connectivity index (χ2v) is 9.81. The molecule has 1 aliphatic heterocycles. The van der Waals surface area contributed by atoms with Gasteiger partial charge in [-0.05, 0) is 51.0 Å². The molecule has 7 nitrogen and oxygen atoms in total. The van der Waals surface area contributed by atoms with Crippen LogP contribution in [0, 0.1) is 6.92 Å². The maximum atomic E-state index is 13.0. The van der Waals surface area contributed by atoms with E-state index < -0.39 is 10.0 Å². The Morgan fingerprint density at radius 3 is 2.45 bits per heavy atom. The van der Waals surface area contributed by atoms with Gasteiger partial charge in [0.2, 0.25) is 15.9 Å². The third kappa shape index (κ3) is 6.29. The van der Waals surface area contributed by atoms with Gasteiger partial charge in [0.1, 0.15) is 5.75 Å². The highest BCUT2D eigenvalue weighted by molar-refractivity contribution is 7.89. The Balaban J connectivity index is 1.78. The molecule has 8 heteroatoms. The van der Waals surface area contributed by atoms with E-state index >= 15 is 0 Å². The summed E-state index contributed by atoms with van der Waals surface area (Å²) in [4.78, 5) is 12.7. The van der Waals surface area contributed by atoms with E-state index in [0.717, 1.165) is 5.56 Å². The van der Waals surface area contributed by atoms with Gasteiger partial charge in [-0.3, -0.25) is 4.79 Å². The number of amides is 1. The Bertz CT molecular complexity index is 997. The van der Waals surface area contributed by atoms with Gasteiger partial charge in [0, 0.05) is 19.5 Å². The van der Waals surface area contributed by atoms with Crippen LogP contribution in [-0.2, 0) is 26.0 Å². The summed E-state index contributed by atoms with van der Waals surface area (Å²) in [6.07, 6.45) is 0.757. The third-order valence-corrected chi connectivity index (χ3v) is 6.85. The van der Waals surface area contributed by atoms with Crippen LogP contribution < -0.4 is 10.1 Å². The number of nitrogens with zero attached hydrogens (tertiary/aromatic N) is 1. The molecule has 1 N–H and O–H groups in total. The number of morpholine rings is 1. The Labute approximate surface area is 184 Å². The minimum atomic E-state index is -3.68. The topological polar surface area (TPSA) is 84.9 Å². The quantitative estimate of drug-likeness (QED) is 0.672. The number of hydrogen-bond donors (Lipinski definition) is 1. The highest BCUT2D eigenvalue weighted by Crippen LogP contribution is 2.30. The van der Waals surface area contributed by atoms with Gasteiger partial charge in [0.15, 0.2) is 0 Å². The Morgan fingerprint density at radius 1 is 1.13 bits per heavy atom. The summed E-state index contributed by atoms with van der Waals surface area (Å²) >= 11 is 0. The molecule has 2 aromatic rings. The molecule has 2 aromatic carbocycles. The van der Waals surface area contributed by atoms with E-state index in [1.807, 2.05) is 45.0 Å². The predicted molar refractivity (Wildman–Crippen MR) is 120 cm³/mol. The van der Waals surface area contributed by atoms with Crippen molar-refractivity contribution in [3.05, 3.63) is 53.6 Å². The van der Waals surface area contributed by atoms with Crippen LogP contribution in [0.4, 0.5) is 5.69 Å². The summed E-state index contributed by atoms with van der Waals surface area (Å²) in [6.45, 7) is 7.13. The zero-order valence-corrected chi connectivity index (χ0v) is 19.1. The largest absolute Gasteiger partial charge is 0.489 e. The number of nitrogens with one attached hydrogen (secondary N) is 1. The maximum Gasteiger partial charge on any atom is 0.243 e. The second kappa shape index (κ2) is 10.3. The van der Waals surface area contributed by atoms with E-state index in [9.17, 15) is 13.2 Å². The fourth-order valence-corrected chi connectivity index (χ4v) is 4.72. The number of hydrogen-bond acceptors (Lipinski definition) is 5. The van der Waals surface area contributed by atoms with E-state index in [1.165, 1.54) is 22.0 Å². The highest BCUT2D eigenvalue weighted by Gasteiger charge is 2.27. The first-order chi connectivity index (χ1) is 14.8. The van der Waals surface area contributed by atoms with Crippen LogP contribution in [0.1, 0.15) is 31.4 Å². The Hall–Kier alpha value is -2.42. The molecule has 168 valence electrons. The molecule has 3 rings (SSSR count). The molecule has 1 amide bonds. The summed E-state index contributed by atoms with van der Waals surface area (Å²) in [5.41, 5.74) is 2.60. The minimum Gasteiger partial charge on any atom is -0.489 e. The fourth-order valence-electron chi connectivity index (χ4n) is 3.29. The lowest BCUT2D eigenvalue weighted by molar-refractivity contribution is -0.116. The van der Waals surface area contributed by atoms with Crippen LogP contribution in [0.15, 0.2) is 47.4 Å². The van der Waals surface area contributed by atoms with Crippen molar-refractivity contribution >= 4 is 21.6 Å². The fraction of sp³-hybridized carbons (Fsp3) is 0.435. The molecule has 0 aromatic heterocycles. The van der Waals surface area contributed by atoms with Crippen molar-refractivity contribution in [1.29, 1.82) is 0 Å². The monoisotopic (exact) mass is 446 g/mol. The molecule has 0 saturated carbocycles. The van der Waals surface area contributed by atoms with Crippen LogP contribution >= 0.6 is 0 Å². The lowest BCUT2D eigenvalue weighted by Gasteiger charge is -2.26. The molecule has 1 heterocycles.